The summed E-state index contributed by atoms with van der Waals surface area (Å²) in [6, 6.07) is 16.6. The van der Waals surface area contributed by atoms with Gasteiger partial charge in [0.1, 0.15) is 5.82 Å². The lowest BCUT2D eigenvalue weighted by molar-refractivity contribution is 0.609. The van der Waals surface area contributed by atoms with Crippen molar-refractivity contribution in [1.29, 1.82) is 0 Å². The highest BCUT2D eigenvalue weighted by molar-refractivity contribution is 7.17. The van der Waals surface area contributed by atoms with E-state index in [0.717, 1.165) is 21.5 Å². The lowest BCUT2D eigenvalue weighted by Gasteiger charge is -2.24. The van der Waals surface area contributed by atoms with Crippen molar-refractivity contribution < 1.29 is 4.39 Å². The summed E-state index contributed by atoms with van der Waals surface area (Å²) >= 11 is 7.74. The quantitative estimate of drug-likeness (QED) is 0.412. The molecule has 2 aromatic carbocycles. The lowest BCUT2D eigenvalue weighted by atomic mass is 10.1. The Kier molecular flexibility index (Phi) is 4.38. The third kappa shape index (κ3) is 3.23. The van der Waals surface area contributed by atoms with Crippen LogP contribution in [0.15, 0.2) is 72.4 Å². The fraction of sp³-hybridized carbons (Fsp3) is 0.0500. The van der Waals surface area contributed by atoms with Gasteiger partial charge in [0.2, 0.25) is 0 Å². The number of aromatic nitrogens is 1. The SMILES string of the molecule is Fc1ccccc1CN(c1ccncc1)c1csc2cc(Cl)ccc12. The van der Waals surface area contributed by atoms with Gasteiger partial charge in [0.05, 0.1) is 12.2 Å². The largest absolute Gasteiger partial charge is 0.336 e. The van der Waals surface area contributed by atoms with E-state index in [9.17, 15) is 4.39 Å². The molecule has 0 saturated carbocycles. The lowest BCUT2D eigenvalue weighted by Crippen LogP contribution is -2.17. The Morgan fingerprint density at radius 2 is 1.84 bits per heavy atom. The van der Waals surface area contributed by atoms with Crippen LogP contribution in [0.2, 0.25) is 5.02 Å². The van der Waals surface area contributed by atoms with E-state index in [1.807, 2.05) is 42.5 Å². The van der Waals surface area contributed by atoms with Gasteiger partial charge < -0.3 is 4.90 Å². The first-order chi connectivity index (χ1) is 12.2. The second-order valence-corrected chi connectivity index (χ2v) is 6.99. The van der Waals surface area contributed by atoms with E-state index in [1.165, 1.54) is 6.07 Å². The van der Waals surface area contributed by atoms with Gasteiger partial charge in [-0.1, -0.05) is 29.8 Å². The van der Waals surface area contributed by atoms with E-state index in [4.69, 9.17) is 11.6 Å². The van der Waals surface area contributed by atoms with Crippen molar-refractivity contribution in [2.75, 3.05) is 4.90 Å². The predicted octanol–water partition coefficient (Wildman–Crippen LogP) is 6.43. The van der Waals surface area contributed by atoms with E-state index in [2.05, 4.69) is 15.3 Å². The maximum atomic E-state index is 14.2. The molecule has 2 aromatic heterocycles. The Balaban J connectivity index is 1.84. The molecule has 5 heteroatoms. The minimum Gasteiger partial charge on any atom is -0.336 e. The number of nitrogens with zero attached hydrogens (tertiary/aromatic N) is 2. The van der Waals surface area contributed by atoms with E-state index >= 15 is 0 Å². The Bertz CT molecular complexity index is 1020. The molecule has 0 N–H and O–H groups in total. The Labute approximate surface area is 154 Å². The average molecular weight is 369 g/mol. The van der Waals surface area contributed by atoms with Crippen LogP contribution in [0.3, 0.4) is 0 Å². The van der Waals surface area contributed by atoms with E-state index in [1.54, 1.807) is 29.8 Å². The van der Waals surface area contributed by atoms with E-state index in [-0.39, 0.29) is 5.82 Å². The van der Waals surface area contributed by atoms with Crippen LogP contribution in [-0.2, 0) is 6.54 Å². The van der Waals surface area contributed by atoms with Gasteiger partial charge in [0.25, 0.3) is 0 Å². The van der Waals surface area contributed by atoms with E-state index in [0.29, 0.717) is 17.1 Å². The van der Waals surface area contributed by atoms with Crippen LogP contribution in [-0.4, -0.2) is 4.98 Å². The van der Waals surface area contributed by atoms with Crippen LogP contribution >= 0.6 is 22.9 Å². The van der Waals surface area contributed by atoms with Crippen LogP contribution in [0.4, 0.5) is 15.8 Å². The van der Waals surface area contributed by atoms with Gasteiger partial charge >= 0.3 is 0 Å². The molecule has 2 nitrogen and oxygen atoms in total. The van der Waals surface area contributed by atoms with Crippen molar-refractivity contribution in [2.24, 2.45) is 0 Å². The molecule has 25 heavy (non-hydrogen) atoms. The maximum absolute atomic E-state index is 14.2. The number of anilines is 2. The number of thiophene rings is 1. The van der Waals surface area contributed by atoms with Crippen LogP contribution in [0.25, 0.3) is 10.1 Å². The third-order valence-electron chi connectivity index (χ3n) is 4.07. The molecule has 0 amide bonds. The van der Waals surface area contributed by atoms with Gasteiger partial charge in [-0.05, 0) is 36.4 Å². The molecular weight excluding hydrogens is 355 g/mol. The molecule has 0 spiro atoms. The standard InChI is InChI=1S/C20H14ClFN2S/c21-15-5-6-17-19(13-25-20(17)11-15)24(16-7-9-23-10-8-16)12-14-3-1-2-4-18(14)22/h1-11,13H,12H2. The van der Waals surface area contributed by atoms with Gasteiger partial charge in [-0.15, -0.1) is 11.3 Å². The van der Waals surface area contributed by atoms with Crippen molar-refractivity contribution in [3.8, 4) is 0 Å². The first kappa shape index (κ1) is 16.1. The molecule has 0 unspecified atom stereocenters. The van der Waals surface area contributed by atoms with Crippen molar-refractivity contribution in [1.82, 2.24) is 4.98 Å². The number of benzene rings is 2. The van der Waals surface area contributed by atoms with E-state index < -0.39 is 0 Å². The normalized spacial score (nSPS) is 11.0. The van der Waals surface area contributed by atoms with Gasteiger partial charge in [0.15, 0.2) is 0 Å². The molecule has 0 atom stereocenters. The Morgan fingerprint density at radius 1 is 1.04 bits per heavy atom. The molecule has 2 heterocycles. The molecule has 4 aromatic rings. The van der Waals surface area contributed by atoms with Crippen molar-refractivity contribution in [3.05, 3.63) is 88.8 Å². The molecule has 0 radical (unpaired) electrons. The first-order valence-electron chi connectivity index (χ1n) is 7.80. The summed E-state index contributed by atoms with van der Waals surface area (Å²) in [5.74, 6) is -0.205. The number of hydrogen-bond donors (Lipinski definition) is 0. The van der Waals surface area contributed by atoms with Gasteiger partial charge in [-0.3, -0.25) is 4.98 Å². The number of rotatable bonds is 4. The summed E-state index contributed by atoms with van der Waals surface area (Å²) in [4.78, 5) is 6.20. The summed E-state index contributed by atoms with van der Waals surface area (Å²) in [7, 11) is 0. The van der Waals surface area contributed by atoms with Crippen LogP contribution in [0.5, 0.6) is 0 Å². The Morgan fingerprint density at radius 3 is 2.64 bits per heavy atom. The minimum absolute atomic E-state index is 0.205. The average Bonchev–Trinajstić information content (AvgIpc) is 3.04. The molecule has 0 fully saturated rings. The summed E-state index contributed by atoms with van der Waals surface area (Å²) in [5.41, 5.74) is 2.65. The number of halogens is 2. The van der Waals surface area contributed by atoms with Crippen molar-refractivity contribution >= 4 is 44.4 Å². The van der Waals surface area contributed by atoms with Crippen molar-refractivity contribution in [3.63, 3.8) is 0 Å². The fourth-order valence-electron chi connectivity index (χ4n) is 2.83. The second kappa shape index (κ2) is 6.82. The fourth-order valence-corrected chi connectivity index (χ4v) is 4.06. The number of hydrogen-bond acceptors (Lipinski definition) is 3. The zero-order valence-corrected chi connectivity index (χ0v) is 14.8. The first-order valence-corrected chi connectivity index (χ1v) is 9.06. The number of pyridine rings is 1. The Hall–Kier alpha value is -2.43. The molecule has 0 aliphatic rings. The monoisotopic (exact) mass is 368 g/mol. The summed E-state index contributed by atoms with van der Waals surface area (Å²) in [6.07, 6.45) is 3.49. The van der Waals surface area contributed by atoms with Crippen molar-refractivity contribution in [2.45, 2.75) is 6.54 Å². The zero-order chi connectivity index (χ0) is 17.2. The molecule has 0 aliphatic carbocycles. The molecular formula is C20H14ClFN2S. The third-order valence-corrected chi connectivity index (χ3v) is 5.24. The highest BCUT2D eigenvalue weighted by Gasteiger charge is 2.16. The summed E-state index contributed by atoms with van der Waals surface area (Å²) in [5, 5.41) is 3.90. The highest BCUT2D eigenvalue weighted by atomic mass is 35.5. The molecule has 4 rings (SSSR count). The summed E-state index contributed by atoms with van der Waals surface area (Å²) in [6.45, 7) is 0.436. The zero-order valence-electron chi connectivity index (χ0n) is 13.2. The molecule has 0 saturated heterocycles. The minimum atomic E-state index is -0.205. The van der Waals surface area contributed by atoms with Crippen LogP contribution in [0.1, 0.15) is 5.56 Å². The number of fused-ring (bicyclic) bond motifs is 1. The van der Waals surface area contributed by atoms with Crippen LogP contribution < -0.4 is 4.90 Å². The smallest absolute Gasteiger partial charge is 0.128 e. The topological polar surface area (TPSA) is 16.1 Å². The van der Waals surface area contributed by atoms with Gasteiger partial charge in [-0.2, -0.15) is 0 Å². The second-order valence-electron chi connectivity index (χ2n) is 5.64. The molecule has 0 aliphatic heterocycles. The van der Waals surface area contributed by atoms with Gasteiger partial charge in [-0.25, -0.2) is 4.39 Å². The summed E-state index contributed by atoms with van der Waals surface area (Å²) < 4.78 is 15.3. The predicted molar refractivity (Wildman–Crippen MR) is 103 cm³/mol. The van der Waals surface area contributed by atoms with Gasteiger partial charge in [0, 0.05) is 44.1 Å². The maximum Gasteiger partial charge on any atom is 0.128 e. The molecule has 124 valence electrons. The highest BCUT2D eigenvalue weighted by Crippen LogP contribution is 2.38. The molecule has 0 bridgehead atoms. The van der Waals surface area contributed by atoms with Crippen LogP contribution in [0, 0.1) is 5.82 Å².